The van der Waals surface area contributed by atoms with Crippen molar-refractivity contribution in [2.75, 3.05) is 6.61 Å². The molecule has 0 saturated heterocycles. The normalized spacial score (nSPS) is 11.1. The van der Waals surface area contributed by atoms with Crippen molar-refractivity contribution in [3.05, 3.63) is 77.9 Å². The maximum atomic E-state index is 12.1. The molecule has 0 aliphatic rings. The summed E-state index contributed by atoms with van der Waals surface area (Å²) in [5.41, 5.74) is 9.17. The molecular formula is C24H22N2O4. The third-order valence-electron chi connectivity index (χ3n) is 5.11. The Labute approximate surface area is 173 Å². The van der Waals surface area contributed by atoms with Crippen LogP contribution in [0.25, 0.3) is 21.8 Å². The highest BCUT2D eigenvalue weighted by atomic mass is 16.5. The number of ether oxygens (including phenoxy) is 1. The molecule has 0 spiro atoms. The second-order valence-corrected chi connectivity index (χ2v) is 7.16. The van der Waals surface area contributed by atoms with E-state index in [1.54, 1.807) is 6.07 Å². The molecule has 0 radical (unpaired) electrons. The number of nitrogens with zero attached hydrogens (tertiary/aromatic N) is 1. The number of aromatic nitrogens is 1. The van der Waals surface area contributed by atoms with Gasteiger partial charge in [0.1, 0.15) is 5.75 Å². The third-order valence-corrected chi connectivity index (χ3v) is 5.11. The predicted octanol–water partition coefficient (Wildman–Crippen LogP) is 4.19. The summed E-state index contributed by atoms with van der Waals surface area (Å²) in [6, 6.07) is 21.4. The van der Waals surface area contributed by atoms with Crippen molar-refractivity contribution < 1.29 is 19.4 Å². The fourth-order valence-electron chi connectivity index (χ4n) is 3.77. The van der Waals surface area contributed by atoms with Crippen LogP contribution >= 0.6 is 0 Å². The van der Waals surface area contributed by atoms with E-state index in [0.717, 1.165) is 27.4 Å². The topological polar surface area (TPSA) is 94.6 Å². The number of carbonyl (C=O) groups excluding carboxylic acids is 1. The number of carboxylic acid groups (broad SMARTS) is 1. The van der Waals surface area contributed by atoms with Gasteiger partial charge in [0.25, 0.3) is 0 Å². The van der Waals surface area contributed by atoms with E-state index in [1.807, 2.05) is 48.5 Å². The molecule has 0 aliphatic carbocycles. The van der Waals surface area contributed by atoms with E-state index in [9.17, 15) is 9.59 Å². The molecule has 6 heteroatoms. The summed E-state index contributed by atoms with van der Waals surface area (Å²) in [5.74, 6) is -0.692. The van der Waals surface area contributed by atoms with E-state index < -0.39 is 11.9 Å². The van der Waals surface area contributed by atoms with Gasteiger partial charge in [0.15, 0.2) is 0 Å². The minimum absolute atomic E-state index is 0.0600. The number of aliphatic carboxylic acids is 1. The fraction of sp³-hybridized carbons (Fsp3) is 0.167. The standard InChI is InChI=1S/C24H22N2O4/c25-24(29)18-8-4-9-21-23(18)19-14-17(30-13-5-10-22(27)28)11-12-20(19)26(21)15-16-6-2-1-3-7-16/h1-4,6-9,11-12,14H,5,10,13,15H2,(H2,25,29)(H,27,28). The van der Waals surface area contributed by atoms with Crippen LogP contribution < -0.4 is 10.5 Å². The van der Waals surface area contributed by atoms with Crippen molar-refractivity contribution >= 4 is 33.7 Å². The second kappa shape index (κ2) is 8.29. The number of rotatable bonds is 8. The summed E-state index contributed by atoms with van der Waals surface area (Å²) in [6.45, 7) is 0.963. The number of benzene rings is 3. The first-order valence-corrected chi connectivity index (χ1v) is 9.78. The highest BCUT2D eigenvalue weighted by Crippen LogP contribution is 2.34. The van der Waals surface area contributed by atoms with Gasteiger partial charge < -0.3 is 20.1 Å². The molecule has 0 bridgehead atoms. The molecule has 0 atom stereocenters. The zero-order chi connectivity index (χ0) is 21.1. The van der Waals surface area contributed by atoms with Crippen LogP contribution in [0.15, 0.2) is 66.7 Å². The van der Waals surface area contributed by atoms with Gasteiger partial charge >= 0.3 is 5.97 Å². The molecule has 4 aromatic rings. The molecule has 1 heterocycles. The molecule has 3 aromatic carbocycles. The Bertz CT molecular complexity index is 1230. The van der Waals surface area contributed by atoms with Crippen molar-refractivity contribution in [2.24, 2.45) is 5.73 Å². The van der Waals surface area contributed by atoms with Gasteiger partial charge in [-0.2, -0.15) is 0 Å². The predicted molar refractivity (Wildman–Crippen MR) is 116 cm³/mol. The van der Waals surface area contributed by atoms with Crippen LogP contribution in [0.3, 0.4) is 0 Å². The van der Waals surface area contributed by atoms with E-state index in [2.05, 4.69) is 16.7 Å². The van der Waals surface area contributed by atoms with Crippen LogP contribution in [0.5, 0.6) is 5.75 Å². The summed E-state index contributed by atoms with van der Waals surface area (Å²) >= 11 is 0. The first-order chi connectivity index (χ1) is 14.5. The van der Waals surface area contributed by atoms with Gasteiger partial charge in [-0.1, -0.05) is 36.4 Å². The van der Waals surface area contributed by atoms with Gasteiger partial charge in [-0.25, -0.2) is 0 Å². The van der Waals surface area contributed by atoms with Crippen LogP contribution in [0.4, 0.5) is 0 Å². The fourth-order valence-corrected chi connectivity index (χ4v) is 3.77. The number of amides is 1. The van der Waals surface area contributed by atoms with Gasteiger partial charge in [0.2, 0.25) is 5.91 Å². The lowest BCUT2D eigenvalue weighted by Crippen LogP contribution is -2.11. The molecular weight excluding hydrogens is 380 g/mol. The minimum atomic E-state index is -0.843. The zero-order valence-electron chi connectivity index (χ0n) is 16.4. The van der Waals surface area contributed by atoms with Crippen LogP contribution in [-0.2, 0) is 11.3 Å². The van der Waals surface area contributed by atoms with Crippen molar-refractivity contribution in [1.29, 1.82) is 0 Å². The summed E-state index contributed by atoms with van der Waals surface area (Å²) < 4.78 is 7.92. The molecule has 6 nitrogen and oxygen atoms in total. The van der Waals surface area contributed by atoms with Gasteiger partial charge in [-0.05, 0) is 42.3 Å². The van der Waals surface area contributed by atoms with Crippen LogP contribution in [0, 0.1) is 0 Å². The molecule has 0 aliphatic heterocycles. The average Bonchev–Trinajstić information content (AvgIpc) is 3.05. The minimum Gasteiger partial charge on any atom is -0.494 e. The van der Waals surface area contributed by atoms with E-state index in [-0.39, 0.29) is 6.42 Å². The number of hydrogen-bond acceptors (Lipinski definition) is 3. The monoisotopic (exact) mass is 402 g/mol. The maximum Gasteiger partial charge on any atom is 0.303 e. The largest absolute Gasteiger partial charge is 0.494 e. The Kier molecular flexibility index (Phi) is 5.39. The molecule has 0 fully saturated rings. The first kappa shape index (κ1) is 19.5. The zero-order valence-corrected chi connectivity index (χ0v) is 16.4. The molecule has 1 aromatic heterocycles. The van der Waals surface area contributed by atoms with Gasteiger partial charge in [0, 0.05) is 34.8 Å². The van der Waals surface area contributed by atoms with E-state index in [4.69, 9.17) is 15.6 Å². The number of nitrogens with two attached hydrogens (primary N) is 1. The number of carbonyl (C=O) groups is 2. The van der Waals surface area contributed by atoms with E-state index in [0.29, 0.717) is 30.9 Å². The second-order valence-electron chi connectivity index (χ2n) is 7.16. The number of primary amides is 1. The summed E-state index contributed by atoms with van der Waals surface area (Å²) in [7, 11) is 0. The SMILES string of the molecule is NC(=O)c1cccc2c1c1cc(OCCCC(=O)O)ccc1n2Cc1ccccc1. The Morgan fingerprint density at radius 1 is 0.967 bits per heavy atom. The van der Waals surface area contributed by atoms with Gasteiger partial charge in [-0.15, -0.1) is 0 Å². The summed E-state index contributed by atoms with van der Waals surface area (Å²) in [5, 5.41) is 10.5. The van der Waals surface area contributed by atoms with Gasteiger partial charge in [0.05, 0.1) is 12.1 Å². The van der Waals surface area contributed by atoms with Crippen LogP contribution in [0.1, 0.15) is 28.8 Å². The lowest BCUT2D eigenvalue weighted by atomic mass is 10.1. The van der Waals surface area contributed by atoms with Crippen molar-refractivity contribution in [2.45, 2.75) is 19.4 Å². The molecule has 152 valence electrons. The lowest BCUT2D eigenvalue weighted by Gasteiger charge is -2.09. The van der Waals surface area contributed by atoms with E-state index >= 15 is 0 Å². The summed E-state index contributed by atoms with van der Waals surface area (Å²) in [4.78, 5) is 22.8. The smallest absolute Gasteiger partial charge is 0.303 e. The Hall–Kier alpha value is -3.80. The molecule has 3 N–H and O–H groups in total. The van der Waals surface area contributed by atoms with Gasteiger partial charge in [-0.3, -0.25) is 9.59 Å². The quantitative estimate of drug-likeness (QED) is 0.432. The molecule has 0 unspecified atom stereocenters. The molecule has 0 saturated carbocycles. The maximum absolute atomic E-state index is 12.1. The first-order valence-electron chi connectivity index (χ1n) is 9.78. The Morgan fingerprint density at radius 2 is 1.77 bits per heavy atom. The Morgan fingerprint density at radius 3 is 2.50 bits per heavy atom. The lowest BCUT2D eigenvalue weighted by molar-refractivity contribution is -0.137. The van der Waals surface area contributed by atoms with Crippen molar-refractivity contribution in [1.82, 2.24) is 4.57 Å². The molecule has 4 rings (SSSR count). The van der Waals surface area contributed by atoms with Crippen LogP contribution in [-0.4, -0.2) is 28.2 Å². The highest BCUT2D eigenvalue weighted by Gasteiger charge is 2.17. The van der Waals surface area contributed by atoms with Crippen molar-refractivity contribution in [3.8, 4) is 5.75 Å². The molecule has 1 amide bonds. The molecule has 30 heavy (non-hydrogen) atoms. The van der Waals surface area contributed by atoms with E-state index in [1.165, 1.54) is 0 Å². The number of hydrogen-bond donors (Lipinski definition) is 2. The average molecular weight is 402 g/mol. The number of fused-ring (bicyclic) bond motifs is 3. The highest BCUT2D eigenvalue weighted by molar-refractivity contribution is 6.18. The van der Waals surface area contributed by atoms with Crippen LogP contribution in [0.2, 0.25) is 0 Å². The third kappa shape index (κ3) is 3.85. The Balaban J connectivity index is 1.81. The summed E-state index contributed by atoms with van der Waals surface area (Å²) in [6.07, 6.45) is 0.486. The number of carboxylic acids is 1. The van der Waals surface area contributed by atoms with Crippen molar-refractivity contribution in [3.63, 3.8) is 0 Å².